The zero-order chi connectivity index (χ0) is 15.1. The highest BCUT2D eigenvalue weighted by Crippen LogP contribution is 2.23. The molecule has 1 aromatic heterocycles. The number of aromatic nitrogens is 2. The van der Waals surface area contributed by atoms with Crippen LogP contribution in [0.4, 0.5) is 0 Å². The Bertz CT molecular complexity index is 551. The summed E-state index contributed by atoms with van der Waals surface area (Å²) in [7, 11) is 0. The molecular weight excluding hydrogens is 282 g/mol. The van der Waals surface area contributed by atoms with Crippen molar-refractivity contribution in [2.75, 3.05) is 18.9 Å². The van der Waals surface area contributed by atoms with Crippen LogP contribution in [0.15, 0.2) is 23.4 Å². The van der Waals surface area contributed by atoms with Gasteiger partial charge in [0.2, 0.25) is 0 Å². The molecular formula is C16H25N3OS. The molecule has 0 bridgehead atoms. The van der Waals surface area contributed by atoms with E-state index in [1.807, 2.05) is 25.1 Å². The Kier molecular flexibility index (Phi) is 6.39. The Hall–Kier alpha value is -1.20. The molecule has 2 N–H and O–H groups in total. The fourth-order valence-corrected chi connectivity index (χ4v) is 3.04. The smallest absolute Gasteiger partial charge is 0.166 e. The Balaban J connectivity index is 1.87. The van der Waals surface area contributed by atoms with Crippen molar-refractivity contribution in [3.05, 3.63) is 18.2 Å². The van der Waals surface area contributed by atoms with Crippen molar-refractivity contribution in [2.24, 2.45) is 0 Å². The van der Waals surface area contributed by atoms with Crippen LogP contribution in [-0.4, -0.2) is 34.9 Å². The molecule has 0 amide bonds. The zero-order valence-corrected chi connectivity index (χ0v) is 13.9. The fraction of sp³-hybridized carbons (Fsp3) is 0.562. The average molecular weight is 307 g/mol. The van der Waals surface area contributed by atoms with Crippen molar-refractivity contribution in [1.82, 2.24) is 15.3 Å². The van der Waals surface area contributed by atoms with Crippen LogP contribution < -0.4 is 10.1 Å². The fourth-order valence-electron chi connectivity index (χ4n) is 2.28. The Morgan fingerprint density at radius 2 is 2.10 bits per heavy atom. The van der Waals surface area contributed by atoms with E-state index in [4.69, 9.17) is 4.74 Å². The number of imidazole rings is 1. The minimum Gasteiger partial charge on any atom is -0.494 e. The average Bonchev–Trinajstić information content (AvgIpc) is 2.90. The number of ether oxygens (including phenoxy) is 1. The first-order valence-corrected chi connectivity index (χ1v) is 8.74. The largest absolute Gasteiger partial charge is 0.494 e. The molecule has 0 aliphatic heterocycles. The summed E-state index contributed by atoms with van der Waals surface area (Å²) < 4.78 is 5.51. The topological polar surface area (TPSA) is 49.9 Å². The van der Waals surface area contributed by atoms with Crippen LogP contribution in [0.5, 0.6) is 5.75 Å². The van der Waals surface area contributed by atoms with Gasteiger partial charge in [-0.05, 0) is 31.9 Å². The maximum atomic E-state index is 5.51. The first-order chi connectivity index (χ1) is 10.3. The van der Waals surface area contributed by atoms with E-state index in [-0.39, 0.29) is 0 Å². The van der Waals surface area contributed by atoms with Crippen molar-refractivity contribution in [2.45, 2.75) is 44.8 Å². The van der Waals surface area contributed by atoms with Gasteiger partial charge in [-0.2, -0.15) is 0 Å². The lowest BCUT2D eigenvalue weighted by atomic mass is 10.2. The lowest BCUT2D eigenvalue weighted by molar-refractivity contribution is 0.340. The van der Waals surface area contributed by atoms with E-state index in [1.165, 1.54) is 12.8 Å². The summed E-state index contributed by atoms with van der Waals surface area (Å²) in [6.45, 7) is 8.14. The highest BCUT2D eigenvalue weighted by molar-refractivity contribution is 7.99. The molecule has 0 spiro atoms. The molecule has 0 unspecified atom stereocenters. The van der Waals surface area contributed by atoms with Crippen LogP contribution in [0.1, 0.15) is 33.6 Å². The summed E-state index contributed by atoms with van der Waals surface area (Å²) >= 11 is 1.76. The lowest BCUT2D eigenvalue weighted by Crippen LogP contribution is -2.29. The predicted molar refractivity (Wildman–Crippen MR) is 90.4 cm³/mol. The van der Waals surface area contributed by atoms with Gasteiger partial charge in [-0.3, -0.25) is 0 Å². The van der Waals surface area contributed by atoms with Crippen molar-refractivity contribution in [3.63, 3.8) is 0 Å². The van der Waals surface area contributed by atoms with E-state index in [0.717, 1.165) is 34.2 Å². The molecule has 0 saturated carbocycles. The van der Waals surface area contributed by atoms with Crippen LogP contribution in [0.25, 0.3) is 11.0 Å². The molecule has 1 heterocycles. The van der Waals surface area contributed by atoms with Crippen molar-refractivity contribution in [3.8, 4) is 5.75 Å². The summed E-state index contributed by atoms with van der Waals surface area (Å²) in [5.41, 5.74) is 2.03. The molecule has 21 heavy (non-hydrogen) atoms. The van der Waals surface area contributed by atoms with Gasteiger partial charge in [0.15, 0.2) is 5.16 Å². The third-order valence-corrected chi connectivity index (χ3v) is 4.38. The van der Waals surface area contributed by atoms with Gasteiger partial charge < -0.3 is 15.0 Å². The Morgan fingerprint density at radius 1 is 1.29 bits per heavy atom. The number of nitrogens with zero attached hydrogens (tertiary/aromatic N) is 1. The second-order valence-corrected chi connectivity index (χ2v) is 6.05. The summed E-state index contributed by atoms with van der Waals surface area (Å²) in [6, 6.07) is 6.62. The number of benzene rings is 1. The molecule has 1 aromatic carbocycles. The molecule has 0 aliphatic carbocycles. The maximum absolute atomic E-state index is 5.51. The first kappa shape index (κ1) is 16.2. The number of aromatic amines is 1. The number of nitrogens with one attached hydrogen (secondary N) is 2. The van der Waals surface area contributed by atoms with Gasteiger partial charge in [-0.15, -0.1) is 0 Å². The number of hydrogen-bond donors (Lipinski definition) is 2. The molecule has 0 atom stereocenters. The predicted octanol–water partition coefficient (Wildman–Crippen LogP) is 3.83. The quantitative estimate of drug-likeness (QED) is 0.546. The summed E-state index contributed by atoms with van der Waals surface area (Å²) in [5, 5.41) is 4.54. The monoisotopic (exact) mass is 307 g/mol. The van der Waals surface area contributed by atoms with E-state index in [0.29, 0.717) is 12.6 Å². The number of thioether (sulfide) groups is 1. The highest BCUT2D eigenvalue weighted by Gasteiger charge is 2.06. The first-order valence-electron chi connectivity index (χ1n) is 7.75. The van der Waals surface area contributed by atoms with Crippen LogP contribution in [-0.2, 0) is 0 Å². The molecule has 5 heteroatoms. The van der Waals surface area contributed by atoms with Gasteiger partial charge >= 0.3 is 0 Å². The number of H-pyrrole nitrogens is 1. The molecule has 0 saturated heterocycles. The molecule has 0 aliphatic rings. The van der Waals surface area contributed by atoms with Crippen LogP contribution in [0.2, 0.25) is 0 Å². The molecule has 4 nitrogen and oxygen atoms in total. The molecule has 2 rings (SSSR count). The normalized spacial score (nSPS) is 11.4. The molecule has 0 fully saturated rings. The van der Waals surface area contributed by atoms with E-state index in [1.54, 1.807) is 11.8 Å². The van der Waals surface area contributed by atoms with Gasteiger partial charge in [0.05, 0.1) is 17.6 Å². The summed E-state index contributed by atoms with van der Waals surface area (Å²) in [4.78, 5) is 7.95. The zero-order valence-electron chi connectivity index (χ0n) is 13.1. The van der Waals surface area contributed by atoms with Crippen molar-refractivity contribution >= 4 is 22.8 Å². The summed E-state index contributed by atoms with van der Waals surface area (Å²) in [6.07, 6.45) is 2.37. The summed E-state index contributed by atoms with van der Waals surface area (Å²) in [5.74, 6) is 1.91. The molecule has 0 radical (unpaired) electrons. The van der Waals surface area contributed by atoms with E-state index < -0.39 is 0 Å². The van der Waals surface area contributed by atoms with Crippen LogP contribution in [0.3, 0.4) is 0 Å². The second-order valence-electron chi connectivity index (χ2n) is 4.97. The maximum Gasteiger partial charge on any atom is 0.166 e. The highest BCUT2D eigenvalue weighted by atomic mass is 32.2. The van der Waals surface area contributed by atoms with E-state index >= 15 is 0 Å². The molecule has 116 valence electrons. The number of fused-ring (bicyclic) bond motifs is 1. The molecule has 2 aromatic rings. The van der Waals surface area contributed by atoms with E-state index in [2.05, 4.69) is 29.1 Å². The van der Waals surface area contributed by atoms with Crippen molar-refractivity contribution < 1.29 is 4.74 Å². The van der Waals surface area contributed by atoms with Crippen LogP contribution >= 0.6 is 11.8 Å². The van der Waals surface area contributed by atoms with Gasteiger partial charge in [-0.25, -0.2) is 4.98 Å². The lowest BCUT2D eigenvalue weighted by Gasteiger charge is -2.13. The number of hydrogen-bond acceptors (Lipinski definition) is 4. The minimum atomic E-state index is 0.634. The van der Waals surface area contributed by atoms with Gasteiger partial charge in [0, 0.05) is 24.4 Å². The SMILES string of the molecule is CCOc1ccc2nc(SCCNC(CC)CC)[nH]c2c1. The third-order valence-electron chi connectivity index (χ3n) is 3.50. The standard InChI is InChI=1S/C16H25N3OS/c1-4-12(5-2)17-9-10-21-16-18-14-8-7-13(20-6-3)11-15(14)19-16/h7-8,11-12,17H,4-6,9-10H2,1-3H3,(H,18,19). The van der Waals surface area contributed by atoms with Gasteiger partial charge in [0.1, 0.15) is 5.75 Å². The van der Waals surface area contributed by atoms with E-state index in [9.17, 15) is 0 Å². The van der Waals surface area contributed by atoms with Gasteiger partial charge in [-0.1, -0.05) is 25.6 Å². The number of rotatable bonds is 9. The Labute approximate surface area is 131 Å². The Morgan fingerprint density at radius 3 is 2.81 bits per heavy atom. The second kappa shape index (κ2) is 8.29. The van der Waals surface area contributed by atoms with Crippen molar-refractivity contribution in [1.29, 1.82) is 0 Å². The minimum absolute atomic E-state index is 0.634. The third kappa shape index (κ3) is 4.64. The van der Waals surface area contributed by atoms with Gasteiger partial charge in [0.25, 0.3) is 0 Å². The van der Waals surface area contributed by atoms with Crippen LogP contribution in [0, 0.1) is 0 Å².